The Morgan fingerprint density at radius 2 is 1.87 bits per heavy atom. The quantitative estimate of drug-likeness (QED) is 0.239. The lowest BCUT2D eigenvalue weighted by Gasteiger charge is -2.62. The van der Waals surface area contributed by atoms with Crippen LogP contribution in [0.15, 0.2) is 78.7 Å². The second-order valence-electron chi connectivity index (χ2n) is 16.6. The number of fused-ring (bicyclic) bond motifs is 6. The van der Waals surface area contributed by atoms with E-state index in [1.54, 1.807) is 57.4 Å². The summed E-state index contributed by atoms with van der Waals surface area (Å²) >= 11 is 6.31. The number of aliphatic hydroxyl groups excluding tert-OH is 1. The van der Waals surface area contributed by atoms with E-state index in [9.17, 15) is 29.4 Å². The summed E-state index contributed by atoms with van der Waals surface area (Å²) in [7, 11) is 0. The van der Waals surface area contributed by atoms with E-state index < -0.39 is 64.3 Å². The fraction of sp³-hybridized carbons (Fsp3) is 0.465. The van der Waals surface area contributed by atoms with Crippen LogP contribution < -0.4 is 0 Å². The predicted molar refractivity (Wildman–Crippen MR) is 196 cm³/mol. The van der Waals surface area contributed by atoms with Crippen LogP contribution in [0.3, 0.4) is 0 Å². The molecule has 8 rings (SSSR count). The third-order valence-corrected chi connectivity index (χ3v) is 14.2. The van der Waals surface area contributed by atoms with Crippen molar-refractivity contribution in [2.24, 2.45) is 34.5 Å². The van der Waals surface area contributed by atoms with Crippen molar-refractivity contribution >= 4 is 45.7 Å². The van der Waals surface area contributed by atoms with Crippen LogP contribution >= 0.6 is 11.6 Å². The van der Waals surface area contributed by atoms with Gasteiger partial charge in [-0.2, -0.15) is 0 Å². The van der Waals surface area contributed by atoms with E-state index in [-0.39, 0.29) is 41.8 Å². The number of allylic oxidation sites excluding steroid dienone is 4. The maximum absolute atomic E-state index is 17.5. The van der Waals surface area contributed by atoms with E-state index >= 15 is 4.39 Å². The first-order chi connectivity index (χ1) is 25.1. The Hall–Kier alpha value is -4.05. The molecule has 5 aliphatic rings. The molecule has 1 heterocycles. The molecule has 0 bridgehead atoms. The Balaban J connectivity index is 0.934. The van der Waals surface area contributed by atoms with Gasteiger partial charge >= 0.3 is 5.97 Å². The van der Waals surface area contributed by atoms with Crippen LogP contribution in [0.2, 0.25) is 5.02 Å². The number of aliphatic hydroxyl groups is 2. The first kappa shape index (κ1) is 36.0. The largest absolute Gasteiger partial charge is 0.454 e. The number of hydrogen-bond donors (Lipinski definition) is 2. The third kappa shape index (κ3) is 5.32. The van der Waals surface area contributed by atoms with Crippen LogP contribution in [-0.2, 0) is 25.5 Å². The molecule has 1 aromatic heterocycles. The summed E-state index contributed by atoms with van der Waals surface area (Å²) in [5, 5.41) is 26.2. The predicted octanol–water partition coefficient (Wildman–Crippen LogP) is 6.88. The van der Waals surface area contributed by atoms with Crippen molar-refractivity contribution in [3.05, 3.63) is 100 Å². The fourth-order valence-corrected chi connectivity index (χ4v) is 11.1. The highest BCUT2D eigenvalue weighted by Gasteiger charge is 2.75. The van der Waals surface area contributed by atoms with Crippen LogP contribution in [0.4, 0.5) is 4.39 Å². The number of benzene rings is 2. The van der Waals surface area contributed by atoms with Crippen molar-refractivity contribution in [1.29, 1.82) is 0 Å². The first-order valence-corrected chi connectivity index (χ1v) is 18.9. The molecule has 0 aliphatic heterocycles. The van der Waals surface area contributed by atoms with Gasteiger partial charge in [-0.1, -0.05) is 61.4 Å². The molecule has 2 aromatic carbocycles. The molecule has 8 nitrogen and oxygen atoms in total. The number of pyridine rings is 1. The van der Waals surface area contributed by atoms with Crippen LogP contribution in [-0.4, -0.2) is 62.5 Å². The van der Waals surface area contributed by atoms with Crippen molar-refractivity contribution in [2.75, 3.05) is 6.61 Å². The molecule has 0 amide bonds. The number of ketones is 3. The molecule has 0 spiro atoms. The number of alkyl halides is 1. The normalized spacial score (nSPS) is 37.0. The fourth-order valence-electron chi connectivity index (χ4n) is 10.9. The van der Waals surface area contributed by atoms with Gasteiger partial charge < -0.3 is 14.9 Å². The zero-order valence-corrected chi connectivity index (χ0v) is 30.7. The molecule has 2 N–H and O–H groups in total. The minimum Gasteiger partial charge on any atom is -0.454 e. The lowest BCUT2D eigenvalue weighted by atomic mass is 9.44. The molecule has 3 aromatic rings. The third-order valence-electron chi connectivity index (χ3n) is 13.9. The summed E-state index contributed by atoms with van der Waals surface area (Å²) < 4.78 is 23.0. The molecule has 4 saturated carbocycles. The highest BCUT2D eigenvalue weighted by atomic mass is 35.5. The second kappa shape index (κ2) is 12.5. The molecule has 10 heteroatoms. The highest BCUT2D eigenvalue weighted by Crippen LogP contribution is 2.70. The molecule has 4 fully saturated rings. The number of carbonyl (C=O) groups is 4. The standard InChI is InChI=1S/C43H43ClFNO7/c1-23-13-34-33-10-9-28-17-29(47)11-12-40(28,2)42(33,45)37(49)19-41(34,3)43(23,52)38(50)22-53-39(51)26-6-4-5-25(16-26)30-18-32(30)36(48)15-24-7-8-27-20-46-21-35(44)31(27)14-24/h4-8,11-12,14,16-17,20-21,23,30,32-34,37,49,52H,9-10,13,15,18-19,22H2,1-3H3/t23-,30+,32-,33+,34+,37+,40+,41+,42+,43+/m1/s1. The van der Waals surface area contributed by atoms with Gasteiger partial charge in [0.05, 0.1) is 16.7 Å². The van der Waals surface area contributed by atoms with Crippen molar-refractivity contribution < 1.29 is 38.5 Å². The van der Waals surface area contributed by atoms with Gasteiger partial charge in [0.2, 0.25) is 5.78 Å². The molecule has 10 atom stereocenters. The second-order valence-corrected chi connectivity index (χ2v) is 17.0. The van der Waals surface area contributed by atoms with Gasteiger partial charge in [-0.15, -0.1) is 0 Å². The van der Waals surface area contributed by atoms with Crippen LogP contribution in [0.5, 0.6) is 0 Å². The minimum absolute atomic E-state index is 0.0411. The van der Waals surface area contributed by atoms with Gasteiger partial charge in [-0.05, 0) is 98.3 Å². The molecule has 53 heavy (non-hydrogen) atoms. The number of halogens is 2. The van der Waals surface area contributed by atoms with Crippen LogP contribution in [0.25, 0.3) is 10.8 Å². The monoisotopic (exact) mass is 739 g/mol. The summed E-state index contributed by atoms with van der Waals surface area (Å²) in [5.74, 6) is -3.40. The van der Waals surface area contributed by atoms with E-state index in [1.165, 1.54) is 12.2 Å². The number of hydrogen-bond acceptors (Lipinski definition) is 8. The summed E-state index contributed by atoms with van der Waals surface area (Å²) in [4.78, 5) is 56.8. The number of rotatable bonds is 8. The zero-order chi connectivity index (χ0) is 37.7. The molecule has 276 valence electrons. The zero-order valence-electron chi connectivity index (χ0n) is 30.0. The van der Waals surface area contributed by atoms with E-state index in [4.69, 9.17) is 16.3 Å². The van der Waals surface area contributed by atoms with Crippen molar-refractivity contribution in [3.63, 3.8) is 0 Å². The Morgan fingerprint density at radius 1 is 1.08 bits per heavy atom. The number of esters is 1. The number of carbonyl (C=O) groups excluding carboxylic acids is 4. The highest BCUT2D eigenvalue weighted by molar-refractivity contribution is 6.35. The van der Waals surface area contributed by atoms with Crippen molar-refractivity contribution in [3.8, 4) is 0 Å². The topological polar surface area (TPSA) is 131 Å². The van der Waals surface area contributed by atoms with Crippen molar-refractivity contribution in [2.45, 2.75) is 82.6 Å². The lowest BCUT2D eigenvalue weighted by Crippen LogP contribution is -2.69. The Kier molecular flexibility index (Phi) is 8.48. The van der Waals surface area contributed by atoms with Crippen LogP contribution in [0, 0.1) is 34.5 Å². The van der Waals surface area contributed by atoms with Gasteiger partial charge in [0, 0.05) is 52.3 Å². The van der Waals surface area contributed by atoms with E-state index in [2.05, 4.69) is 4.98 Å². The number of Topliss-reactive ketones (excluding diaryl/α,β-unsaturated/α-hetero) is 2. The maximum atomic E-state index is 17.5. The minimum atomic E-state index is -2.09. The average molecular weight is 740 g/mol. The summed E-state index contributed by atoms with van der Waals surface area (Å²) in [5.41, 5.74) is -3.82. The average Bonchev–Trinajstić information content (AvgIpc) is 3.91. The van der Waals surface area contributed by atoms with E-state index in [1.807, 2.05) is 24.3 Å². The first-order valence-electron chi connectivity index (χ1n) is 18.5. The summed E-state index contributed by atoms with van der Waals surface area (Å²) in [6.45, 7) is 4.56. The van der Waals surface area contributed by atoms with Gasteiger partial charge in [-0.3, -0.25) is 19.4 Å². The smallest absolute Gasteiger partial charge is 0.338 e. The Morgan fingerprint density at radius 3 is 2.66 bits per heavy atom. The van der Waals surface area contributed by atoms with Gasteiger partial charge in [-0.25, -0.2) is 9.18 Å². The van der Waals surface area contributed by atoms with E-state index in [0.29, 0.717) is 36.3 Å². The van der Waals surface area contributed by atoms with Gasteiger partial charge in [0.15, 0.2) is 18.1 Å². The van der Waals surface area contributed by atoms with Crippen LogP contribution in [0.1, 0.15) is 80.3 Å². The van der Waals surface area contributed by atoms with Crippen molar-refractivity contribution in [1.82, 2.24) is 4.98 Å². The Bertz CT molecular complexity index is 2150. The SMILES string of the molecule is C[C@@H]1C[C@H]2[C@@H]3CCC4=CC(=O)C=C[C@]4(C)[C@@]3(F)[C@@H](O)C[C@]2(C)[C@@]1(O)C(=O)COC(=O)c1cccc([C@@H]2C[C@H]2C(=O)Cc2ccc3cncc(Cl)c3c2)c1. The maximum Gasteiger partial charge on any atom is 0.338 e. The number of nitrogens with zero attached hydrogens (tertiary/aromatic N) is 1. The molecule has 5 aliphatic carbocycles. The molecule has 0 unspecified atom stereocenters. The molecule has 0 saturated heterocycles. The molecule has 0 radical (unpaired) electrons. The molecular formula is C43H43ClFNO7. The summed E-state index contributed by atoms with van der Waals surface area (Å²) in [6, 6.07) is 12.6. The number of aromatic nitrogens is 1. The van der Waals surface area contributed by atoms with Gasteiger partial charge in [0.25, 0.3) is 0 Å². The van der Waals surface area contributed by atoms with Gasteiger partial charge in [0.1, 0.15) is 11.4 Å². The Labute approximate surface area is 312 Å². The lowest BCUT2D eigenvalue weighted by molar-refractivity contribution is -0.219. The van der Waals surface area contributed by atoms with E-state index in [0.717, 1.165) is 21.9 Å². The number of ether oxygens (including phenoxy) is 1. The molecular weight excluding hydrogens is 697 g/mol. The summed E-state index contributed by atoms with van der Waals surface area (Å²) in [6.07, 6.45) is 8.21.